The van der Waals surface area contributed by atoms with Crippen LogP contribution in [0.1, 0.15) is 34.1 Å². The van der Waals surface area contributed by atoms with Crippen LogP contribution in [0.5, 0.6) is 0 Å². The van der Waals surface area contributed by atoms with Crippen LogP contribution in [0.2, 0.25) is 0 Å². The predicted molar refractivity (Wildman–Crippen MR) is 49.6 cm³/mol. The first-order valence-corrected chi connectivity index (χ1v) is 4.93. The maximum atomic E-state index is 2.54. The summed E-state index contributed by atoms with van der Waals surface area (Å²) >= 11 is 0. The van der Waals surface area contributed by atoms with E-state index in [1.165, 1.54) is 6.42 Å². The van der Waals surface area contributed by atoms with Crippen LogP contribution in [-0.4, -0.2) is 24.0 Å². The number of nitrogens with zero attached hydrogens (tertiary/aromatic N) is 1. The van der Waals surface area contributed by atoms with Crippen LogP contribution in [0.4, 0.5) is 0 Å². The van der Waals surface area contributed by atoms with E-state index in [1.54, 1.807) is 0 Å². The SMILES string of the molecule is CC.CC(C)C1C2CC2N1C. The topological polar surface area (TPSA) is 3.24 Å². The van der Waals surface area contributed by atoms with Gasteiger partial charge in [-0.3, -0.25) is 4.90 Å². The quantitative estimate of drug-likeness (QED) is 0.562. The van der Waals surface area contributed by atoms with E-state index in [2.05, 4.69) is 25.8 Å². The maximum Gasteiger partial charge on any atom is 0.0162 e. The Kier molecular flexibility index (Phi) is 2.58. The molecular weight excluding hydrogens is 134 g/mol. The molecule has 0 bridgehead atoms. The highest BCUT2D eigenvalue weighted by Crippen LogP contribution is 2.52. The molecule has 0 radical (unpaired) electrons. The van der Waals surface area contributed by atoms with Gasteiger partial charge in [-0.25, -0.2) is 0 Å². The third kappa shape index (κ3) is 1.31. The highest BCUT2D eigenvalue weighted by Gasteiger charge is 2.58. The van der Waals surface area contributed by atoms with Crippen molar-refractivity contribution < 1.29 is 0 Å². The summed E-state index contributed by atoms with van der Waals surface area (Å²) in [5.41, 5.74) is 0. The van der Waals surface area contributed by atoms with Crippen LogP contribution in [0.15, 0.2) is 0 Å². The Bertz CT molecular complexity index is 129. The molecule has 3 unspecified atom stereocenters. The minimum absolute atomic E-state index is 0.874. The van der Waals surface area contributed by atoms with E-state index in [-0.39, 0.29) is 0 Å². The van der Waals surface area contributed by atoms with Gasteiger partial charge in [0.25, 0.3) is 0 Å². The van der Waals surface area contributed by atoms with Gasteiger partial charge in [0.15, 0.2) is 0 Å². The molecule has 1 aliphatic carbocycles. The number of hydrogen-bond donors (Lipinski definition) is 0. The molecule has 1 aliphatic heterocycles. The molecule has 66 valence electrons. The summed E-state index contributed by atoms with van der Waals surface area (Å²) in [5.74, 6) is 1.97. The zero-order chi connectivity index (χ0) is 8.59. The van der Waals surface area contributed by atoms with Gasteiger partial charge in [0, 0.05) is 12.1 Å². The molecule has 2 fully saturated rings. The zero-order valence-electron chi connectivity index (χ0n) is 8.46. The van der Waals surface area contributed by atoms with Gasteiger partial charge in [-0.05, 0) is 25.3 Å². The van der Waals surface area contributed by atoms with Gasteiger partial charge in [-0.15, -0.1) is 0 Å². The van der Waals surface area contributed by atoms with Crippen LogP contribution in [0, 0.1) is 11.8 Å². The fourth-order valence-corrected chi connectivity index (χ4v) is 2.42. The van der Waals surface area contributed by atoms with Gasteiger partial charge >= 0.3 is 0 Å². The first kappa shape index (κ1) is 9.05. The molecule has 1 heterocycles. The zero-order valence-corrected chi connectivity index (χ0v) is 8.46. The average Bonchev–Trinajstić information content (AvgIpc) is 2.66. The third-order valence-electron chi connectivity index (χ3n) is 2.92. The highest BCUT2D eigenvalue weighted by molar-refractivity contribution is 5.12. The molecule has 3 atom stereocenters. The van der Waals surface area contributed by atoms with Crippen molar-refractivity contribution in [3.05, 3.63) is 0 Å². The predicted octanol–water partition coefficient (Wildman–Crippen LogP) is 2.37. The highest BCUT2D eigenvalue weighted by atomic mass is 15.3. The number of hydrogen-bond acceptors (Lipinski definition) is 1. The van der Waals surface area contributed by atoms with Crippen LogP contribution in [0.3, 0.4) is 0 Å². The molecule has 1 saturated heterocycles. The summed E-state index contributed by atoms with van der Waals surface area (Å²) in [6.45, 7) is 8.66. The fourth-order valence-electron chi connectivity index (χ4n) is 2.42. The molecule has 1 nitrogen and oxygen atoms in total. The van der Waals surface area contributed by atoms with Crippen molar-refractivity contribution in [1.29, 1.82) is 0 Å². The summed E-state index contributed by atoms with van der Waals surface area (Å²) in [4.78, 5) is 2.54. The van der Waals surface area contributed by atoms with E-state index in [0.717, 1.165) is 23.9 Å². The van der Waals surface area contributed by atoms with Crippen molar-refractivity contribution in [2.45, 2.75) is 46.2 Å². The molecule has 1 heteroatoms. The lowest BCUT2D eigenvalue weighted by Crippen LogP contribution is -2.49. The number of likely N-dealkylation sites (tertiary alicyclic amines) is 1. The molecular formula is C10H21N. The normalized spacial score (nSPS) is 40.4. The molecule has 0 aromatic rings. The van der Waals surface area contributed by atoms with E-state index in [0.29, 0.717) is 0 Å². The summed E-state index contributed by atoms with van der Waals surface area (Å²) in [6.07, 6.45) is 1.49. The second kappa shape index (κ2) is 3.14. The Morgan fingerprint density at radius 3 is 2.00 bits per heavy atom. The van der Waals surface area contributed by atoms with E-state index in [1.807, 2.05) is 13.8 Å². The second-order valence-electron chi connectivity index (χ2n) is 3.87. The third-order valence-corrected chi connectivity index (χ3v) is 2.92. The van der Waals surface area contributed by atoms with Crippen molar-refractivity contribution >= 4 is 0 Å². The fraction of sp³-hybridized carbons (Fsp3) is 1.00. The minimum Gasteiger partial charge on any atom is -0.300 e. The lowest BCUT2D eigenvalue weighted by atomic mass is 9.92. The summed E-state index contributed by atoms with van der Waals surface area (Å²) in [6, 6.07) is 1.92. The van der Waals surface area contributed by atoms with E-state index < -0.39 is 0 Å². The van der Waals surface area contributed by atoms with Crippen molar-refractivity contribution in [3.8, 4) is 0 Å². The first-order valence-electron chi connectivity index (χ1n) is 4.93. The largest absolute Gasteiger partial charge is 0.300 e. The van der Waals surface area contributed by atoms with Gasteiger partial charge in [0.05, 0.1) is 0 Å². The average molecular weight is 155 g/mol. The molecule has 0 amide bonds. The van der Waals surface area contributed by atoms with E-state index in [4.69, 9.17) is 0 Å². The van der Waals surface area contributed by atoms with Crippen molar-refractivity contribution in [1.82, 2.24) is 4.90 Å². The summed E-state index contributed by atoms with van der Waals surface area (Å²) in [7, 11) is 2.26. The van der Waals surface area contributed by atoms with Crippen molar-refractivity contribution in [2.75, 3.05) is 7.05 Å². The van der Waals surface area contributed by atoms with E-state index >= 15 is 0 Å². The molecule has 2 rings (SSSR count). The lowest BCUT2D eigenvalue weighted by Gasteiger charge is -2.40. The molecule has 1 saturated carbocycles. The van der Waals surface area contributed by atoms with Crippen LogP contribution in [0.25, 0.3) is 0 Å². The molecule has 0 aromatic heterocycles. The monoisotopic (exact) mass is 155 g/mol. The maximum absolute atomic E-state index is 2.54. The lowest BCUT2D eigenvalue weighted by molar-refractivity contribution is 0.0756. The molecule has 0 N–H and O–H groups in total. The number of fused-ring (bicyclic) bond motifs is 1. The van der Waals surface area contributed by atoms with Gasteiger partial charge in [-0.2, -0.15) is 0 Å². The summed E-state index contributed by atoms with van der Waals surface area (Å²) in [5, 5.41) is 0. The standard InChI is InChI=1S/C8H15N.C2H6/c1-5(2)8-6-4-7(6)9(8)3;1-2/h5-8H,4H2,1-3H3;1-2H3. The minimum atomic E-state index is 0.874. The summed E-state index contributed by atoms with van der Waals surface area (Å²) < 4.78 is 0. The smallest absolute Gasteiger partial charge is 0.0162 e. The van der Waals surface area contributed by atoms with Crippen LogP contribution < -0.4 is 0 Å². The van der Waals surface area contributed by atoms with E-state index in [9.17, 15) is 0 Å². The Morgan fingerprint density at radius 1 is 1.27 bits per heavy atom. The van der Waals surface area contributed by atoms with Gasteiger partial charge in [-0.1, -0.05) is 27.7 Å². The van der Waals surface area contributed by atoms with Gasteiger partial charge < -0.3 is 0 Å². The first-order chi connectivity index (χ1) is 5.22. The van der Waals surface area contributed by atoms with Crippen LogP contribution >= 0.6 is 0 Å². The molecule has 0 spiro atoms. The molecule has 0 aromatic carbocycles. The van der Waals surface area contributed by atoms with Crippen molar-refractivity contribution in [3.63, 3.8) is 0 Å². The van der Waals surface area contributed by atoms with Gasteiger partial charge in [0.1, 0.15) is 0 Å². The van der Waals surface area contributed by atoms with Crippen molar-refractivity contribution in [2.24, 2.45) is 11.8 Å². The second-order valence-corrected chi connectivity index (χ2v) is 3.87. The Labute approximate surface area is 70.8 Å². The van der Waals surface area contributed by atoms with Gasteiger partial charge in [0.2, 0.25) is 0 Å². The Morgan fingerprint density at radius 2 is 1.82 bits per heavy atom. The molecule has 11 heavy (non-hydrogen) atoms. The molecule has 2 aliphatic rings. The number of rotatable bonds is 1. The Hall–Kier alpha value is -0.0400. The Balaban J connectivity index is 0.000000281. The van der Waals surface area contributed by atoms with Crippen LogP contribution in [-0.2, 0) is 0 Å².